The summed E-state index contributed by atoms with van der Waals surface area (Å²) in [5.41, 5.74) is 0. The number of carbonyl (C=O) groups excluding carboxylic acids is 1. The number of ether oxygens (including phenoxy) is 1. The van der Waals surface area contributed by atoms with Crippen LogP contribution in [0, 0.1) is 0 Å². The predicted molar refractivity (Wildman–Crippen MR) is 115 cm³/mol. The average Bonchev–Trinajstić information content (AvgIpc) is 2.64. The van der Waals surface area contributed by atoms with E-state index in [2.05, 4.69) is 13.8 Å². The Labute approximate surface area is 164 Å². The minimum Gasteiger partial charge on any atom is -0.463 e. The molecule has 0 spiro atoms. The molecule has 0 fully saturated rings. The third-order valence-electron chi connectivity index (χ3n) is 4.95. The molecule has 0 unspecified atom stereocenters. The summed E-state index contributed by atoms with van der Waals surface area (Å²) in [6.45, 7) is 4.96. The fourth-order valence-electron chi connectivity index (χ4n) is 3.22. The second-order valence-electron chi connectivity index (χ2n) is 7.66. The smallest absolute Gasteiger partial charge is 0.330 e. The molecule has 2 heteroatoms. The largest absolute Gasteiger partial charge is 0.463 e. The van der Waals surface area contributed by atoms with E-state index in [-0.39, 0.29) is 5.97 Å². The Morgan fingerprint density at radius 1 is 0.615 bits per heavy atom. The number of rotatable bonds is 20. The second-order valence-corrected chi connectivity index (χ2v) is 7.66. The molecule has 154 valence electrons. The monoisotopic (exact) mass is 366 g/mol. The van der Waals surface area contributed by atoms with Crippen molar-refractivity contribution in [1.82, 2.24) is 0 Å². The molecule has 0 aliphatic rings. The van der Waals surface area contributed by atoms with Gasteiger partial charge in [0, 0.05) is 6.08 Å². The summed E-state index contributed by atoms with van der Waals surface area (Å²) in [6, 6.07) is 0. The van der Waals surface area contributed by atoms with Crippen molar-refractivity contribution >= 4 is 5.97 Å². The van der Waals surface area contributed by atoms with Gasteiger partial charge in [0.15, 0.2) is 0 Å². The summed E-state index contributed by atoms with van der Waals surface area (Å²) in [7, 11) is 0. The van der Waals surface area contributed by atoms with Crippen molar-refractivity contribution in [2.75, 3.05) is 6.61 Å². The summed E-state index contributed by atoms with van der Waals surface area (Å²) < 4.78 is 5.18. The molecule has 0 bridgehead atoms. The Kier molecular flexibility index (Phi) is 21.6. The average molecular weight is 367 g/mol. The zero-order chi connectivity index (χ0) is 19.1. The molecule has 0 atom stereocenters. The van der Waals surface area contributed by atoms with E-state index in [4.69, 9.17) is 4.74 Å². The van der Waals surface area contributed by atoms with Crippen LogP contribution in [0.5, 0.6) is 0 Å². The number of hydrogen-bond donors (Lipinski definition) is 0. The van der Waals surface area contributed by atoms with Gasteiger partial charge in [0.2, 0.25) is 0 Å². The molecular formula is C24H46O2. The molecule has 0 heterocycles. The minimum atomic E-state index is -0.181. The van der Waals surface area contributed by atoms with Crippen LogP contribution in [0.15, 0.2) is 12.2 Å². The molecule has 0 saturated heterocycles. The van der Waals surface area contributed by atoms with Crippen molar-refractivity contribution in [3.05, 3.63) is 12.2 Å². The van der Waals surface area contributed by atoms with Gasteiger partial charge in [-0.2, -0.15) is 0 Å². The zero-order valence-electron chi connectivity index (χ0n) is 17.9. The zero-order valence-corrected chi connectivity index (χ0v) is 17.9. The fourth-order valence-corrected chi connectivity index (χ4v) is 3.22. The molecule has 0 aliphatic heterocycles. The van der Waals surface area contributed by atoms with Gasteiger partial charge >= 0.3 is 5.97 Å². The highest BCUT2D eigenvalue weighted by Gasteiger charge is 1.97. The van der Waals surface area contributed by atoms with Gasteiger partial charge in [0.1, 0.15) is 0 Å². The Hall–Kier alpha value is -0.790. The lowest BCUT2D eigenvalue weighted by molar-refractivity contribution is -0.137. The van der Waals surface area contributed by atoms with Crippen LogP contribution in [-0.4, -0.2) is 12.6 Å². The summed E-state index contributed by atoms with van der Waals surface area (Å²) >= 11 is 0. The maximum absolute atomic E-state index is 11.4. The van der Waals surface area contributed by atoms with E-state index in [9.17, 15) is 4.79 Å². The number of carbonyl (C=O) groups is 1. The van der Waals surface area contributed by atoms with Crippen LogP contribution in [0.4, 0.5) is 0 Å². The van der Waals surface area contributed by atoms with Gasteiger partial charge in [-0.3, -0.25) is 0 Å². The quantitative estimate of drug-likeness (QED) is 0.123. The molecule has 0 rings (SSSR count). The topological polar surface area (TPSA) is 26.3 Å². The van der Waals surface area contributed by atoms with Crippen LogP contribution in [0.3, 0.4) is 0 Å². The Balaban J connectivity index is 3.10. The van der Waals surface area contributed by atoms with Crippen molar-refractivity contribution in [1.29, 1.82) is 0 Å². The van der Waals surface area contributed by atoms with Gasteiger partial charge in [0.25, 0.3) is 0 Å². The summed E-state index contributed by atoms with van der Waals surface area (Å²) in [5.74, 6) is -0.181. The maximum atomic E-state index is 11.4. The summed E-state index contributed by atoms with van der Waals surface area (Å²) in [4.78, 5) is 11.4. The Bertz CT molecular complexity index is 309. The van der Waals surface area contributed by atoms with Gasteiger partial charge in [-0.15, -0.1) is 0 Å². The second kappa shape index (κ2) is 22.3. The van der Waals surface area contributed by atoms with E-state index >= 15 is 0 Å². The predicted octanol–water partition coefficient (Wildman–Crippen LogP) is 8.15. The molecule has 26 heavy (non-hydrogen) atoms. The highest BCUT2D eigenvalue weighted by Crippen LogP contribution is 2.13. The molecule has 0 radical (unpaired) electrons. The fraction of sp³-hybridized carbons (Fsp3) is 0.875. The first-order valence-corrected chi connectivity index (χ1v) is 11.6. The SMILES string of the molecule is CCCC=CC(=O)OCCCCCCCCCCCCCCCCCC. The lowest BCUT2D eigenvalue weighted by atomic mass is 10.0. The van der Waals surface area contributed by atoms with Crippen LogP contribution >= 0.6 is 0 Å². The van der Waals surface area contributed by atoms with E-state index in [0.29, 0.717) is 6.61 Å². The molecule has 0 aromatic carbocycles. The third-order valence-corrected chi connectivity index (χ3v) is 4.95. The molecule has 0 aromatic heterocycles. The van der Waals surface area contributed by atoms with Gasteiger partial charge in [-0.05, 0) is 12.8 Å². The van der Waals surface area contributed by atoms with E-state index in [1.807, 2.05) is 6.08 Å². The lowest BCUT2D eigenvalue weighted by Gasteiger charge is -2.04. The highest BCUT2D eigenvalue weighted by atomic mass is 16.5. The highest BCUT2D eigenvalue weighted by molar-refractivity contribution is 5.81. The van der Waals surface area contributed by atoms with E-state index in [1.165, 1.54) is 96.3 Å². The molecule has 0 aromatic rings. The minimum absolute atomic E-state index is 0.181. The summed E-state index contributed by atoms with van der Waals surface area (Å²) in [6.07, 6.45) is 27.3. The van der Waals surface area contributed by atoms with Crippen LogP contribution in [0.25, 0.3) is 0 Å². The van der Waals surface area contributed by atoms with Crippen molar-refractivity contribution < 1.29 is 9.53 Å². The molecule has 0 N–H and O–H groups in total. The standard InChI is InChI=1S/C24H46O2/c1-3-5-7-8-9-10-11-12-13-14-15-16-17-18-19-21-23-26-24(25)22-20-6-4-2/h20,22H,3-19,21,23H2,1-2H3. The Morgan fingerprint density at radius 3 is 1.46 bits per heavy atom. The van der Waals surface area contributed by atoms with Crippen molar-refractivity contribution in [3.63, 3.8) is 0 Å². The number of unbranched alkanes of at least 4 members (excludes halogenated alkanes) is 16. The molecule has 0 saturated carbocycles. The molecule has 2 nitrogen and oxygen atoms in total. The van der Waals surface area contributed by atoms with Gasteiger partial charge in [-0.25, -0.2) is 4.79 Å². The number of allylic oxidation sites excluding steroid dienone is 1. The number of esters is 1. The van der Waals surface area contributed by atoms with Gasteiger partial charge in [0.05, 0.1) is 6.61 Å². The first-order chi connectivity index (χ1) is 12.8. The molecule has 0 aliphatic carbocycles. The maximum Gasteiger partial charge on any atom is 0.330 e. The first-order valence-electron chi connectivity index (χ1n) is 11.6. The number of hydrogen-bond acceptors (Lipinski definition) is 2. The van der Waals surface area contributed by atoms with Gasteiger partial charge < -0.3 is 4.74 Å². The van der Waals surface area contributed by atoms with E-state index < -0.39 is 0 Å². The van der Waals surface area contributed by atoms with Crippen molar-refractivity contribution in [2.24, 2.45) is 0 Å². The summed E-state index contributed by atoms with van der Waals surface area (Å²) in [5, 5.41) is 0. The van der Waals surface area contributed by atoms with Crippen LogP contribution < -0.4 is 0 Å². The van der Waals surface area contributed by atoms with Crippen LogP contribution in [0.1, 0.15) is 129 Å². The van der Waals surface area contributed by atoms with Crippen LogP contribution in [-0.2, 0) is 9.53 Å². The van der Waals surface area contributed by atoms with E-state index in [1.54, 1.807) is 6.08 Å². The Morgan fingerprint density at radius 2 is 1.04 bits per heavy atom. The molecular weight excluding hydrogens is 320 g/mol. The van der Waals surface area contributed by atoms with Crippen LogP contribution in [0.2, 0.25) is 0 Å². The lowest BCUT2D eigenvalue weighted by Crippen LogP contribution is -2.02. The van der Waals surface area contributed by atoms with Crippen molar-refractivity contribution in [3.8, 4) is 0 Å². The van der Waals surface area contributed by atoms with Gasteiger partial charge in [-0.1, -0.05) is 123 Å². The first kappa shape index (κ1) is 25.2. The van der Waals surface area contributed by atoms with E-state index in [0.717, 1.165) is 19.3 Å². The normalized spacial score (nSPS) is 11.3. The van der Waals surface area contributed by atoms with Crippen molar-refractivity contribution in [2.45, 2.75) is 129 Å². The third kappa shape index (κ3) is 21.3. The molecule has 0 amide bonds.